The number of hydrogen-bond donors (Lipinski definition) is 2. The Morgan fingerprint density at radius 2 is 2.12 bits per heavy atom. The molecule has 0 atom stereocenters. The van der Waals surface area contributed by atoms with Gasteiger partial charge in [-0.3, -0.25) is 0 Å². The maximum Gasteiger partial charge on any atom is 0.274 e. The van der Waals surface area contributed by atoms with Gasteiger partial charge in [-0.1, -0.05) is 11.6 Å². The van der Waals surface area contributed by atoms with Gasteiger partial charge in [-0.2, -0.15) is 0 Å². The Balaban J connectivity index is 2.72. The molecule has 1 aromatic rings. The van der Waals surface area contributed by atoms with E-state index < -0.39 is 10.0 Å². The highest BCUT2D eigenvalue weighted by Gasteiger charge is 2.17. The molecule has 0 radical (unpaired) electrons. The molecule has 0 saturated heterocycles. The summed E-state index contributed by atoms with van der Waals surface area (Å²) in [6, 6.07) is 3.10. The molecule has 17 heavy (non-hydrogen) atoms. The lowest BCUT2D eigenvalue weighted by Crippen LogP contribution is -2.23. The third kappa shape index (κ3) is 4.33. The minimum Gasteiger partial charge on any atom is -0.447 e. The van der Waals surface area contributed by atoms with E-state index in [9.17, 15) is 8.42 Å². The van der Waals surface area contributed by atoms with Crippen LogP contribution in [0.1, 0.15) is 19.6 Å². The summed E-state index contributed by atoms with van der Waals surface area (Å²) < 4.78 is 31.2. The Kier molecular flexibility index (Phi) is 4.92. The molecule has 0 aliphatic rings. The number of sulfonamides is 1. The average molecular weight is 258 g/mol. The van der Waals surface area contributed by atoms with Crippen LogP contribution >= 0.6 is 0 Å². The molecule has 0 aliphatic carbocycles. The van der Waals surface area contributed by atoms with Gasteiger partial charge in [0.25, 0.3) is 10.0 Å². The molecule has 0 aromatic carbocycles. The van der Waals surface area contributed by atoms with Crippen molar-refractivity contribution in [1.82, 2.24) is 10.0 Å². The van der Waals surface area contributed by atoms with Gasteiger partial charge in [-0.15, -0.1) is 0 Å². The van der Waals surface area contributed by atoms with Crippen molar-refractivity contribution in [2.45, 2.75) is 25.5 Å². The number of hydrogen-bond acceptors (Lipinski definition) is 4. The zero-order valence-corrected chi connectivity index (χ0v) is 11.1. The number of furan rings is 1. The van der Waals surface area contributed by atoms with Gasteiger partial charge in [0.2, 0.25) is 5.09 Å². The van der Waals surface area contributed by atoms with Gasteiger partial charge < -0.3 is 9.73 Å². The second-order valence-corrected chi connectivity index (χ2v) is 5.58. The normalized spacial score (nSPS) is 11.5. The zero-order valence-electron chi connectivity index (χ0n) is 10.3. The zero-order chi connectivity index (χ0) is 12.9. The van der Waals surface area contributed by atoms with Gasteiger partial charge in [-0.05, 0) is 33.0 Å². The van der Waals surface area contributed by atoms with Gasteiger partial charge >= 0.3 is 0 Å². The number of nitrogens with one attached hydrogen (secondary N) is 2. The molecule has 0 aliphatic heterocycles. The first-order valence-corrected chi connectivity index (χ1v) is 6.80. The predicted molar refractivity (Wildman–Crippen MR) is 66.1 cm³/mol. The van der Waals surface area contributed by atoms with Crippen molar-refractivity contribution in [3.05, 3.63) is 29.5 Å². The van der Waals surface area contributed by atoms with Crippen molar-refractivity contribution in [1.29, 1.82) is 0 Å². The third-order valence-electron chi connectivity index (χ3n) is 2.04. The quantitative estimate of drug-likeness (QED) is 0.753. The summed E-state index contributed by atoms with van der Waals surface area (Å²) in [4.78, 5) is 0. The van der Waals surface area contributed by atoms with Crippen LogP contribution in [0.4, 0.5) is 0 Å². The first-order chi connectivity index (χ1) is 7.95. The molecular formula is C11H18N2O3S. The van der Waals surface area contributed by atoms with Crippen molar-refractivity contribution < 1.29 is 12.8 Å². The summed E-state index contributed by atoms with van der Waals surface area (Å²) in [7, 11) is -1.77. The lowest BCUT2D eigenvalue weighted by Gasteiger charge is -2.01. The first kappa shape index (κ1) is 14.0. The van der Waals surface area contributed by atoms with E-state index in [1.807, 2.05) is 13.8 Å². The van der Waals surface area contributed by atoms with Gasteiger partial charge in [0, 0.05) is 6.54 Å². The summed E-state index contributed by atoms with van der Waals surface area (Å²) in [5.41, 5.74) is 1.06. The van der Waals surface area contributed by atoms with Crippen LogP contribution in [0, 0.1) is 0 Å². The third-order valence-corrected chi connectivity index (χ3v) is 3.33. The molecule has 5 nitrogen and oxygen atoms in total. The Hall–Kier alpha value is -1.11. The van der Waals surface area contributed by atoms with Crippen LogP contribution in [-0.2, 0) is 16.6 Å². The molecule has 96 valence electrons. The lowest BCUT2D eigenvalue weighted by molar-refractivity contribution is 0.405. The van der Waals surface area contributed by atoms with E-state index in [2.05, 4.69) is 10.0 Å². The minimum absolute atomic E-state index is 0.0510. The van der Waals surface area contributed by atoms with Crippen molar-refractivity contribution >= 4 is 10.0 Å². The fourth-order valence-electron chi connectivity index (χ4n) is 1.20. The van der Waals surface area contributed by atoms with Crippen LogP contribution in [-0.4, -0.2) is 22.0 Å². The molecule has 1 rings (SSSR count). The second-order valence-electron chi connectivity index (χ2n) is 3.88. The number of rotatable bonds is 6. The van der Waals surface area contributed by atoms with Crippen LogP contribution in [0.3, 0.4) is 0 Å². The maximum absolute atomic E-state index is 11.8. The maximum atomic E-state index is 11.8. The van der Waals surface area contributed by atoms with Crippen LogP contribution in [0.15, 0.2) is 33.3 Å². The Morgan fingerprint density at radius 1 is 1.41 bits per heavy atom. The first-order valence-electron chi connectivity index (χ1n) is 5.32. The van der Waals surface area contributed by atoms with Crippen LogP contribution in [0.25, 0.3) is 0 Å². The van der Waals surface area contributed by atoms with Crippen molar-refractivity contribution in [2.24, 2.45) is 0 Å². The van der Waals surface area contributed by atoms with E-state index in [0.717, 1.165) is 5.57 Å². The highest BCUT2D eigenvalue weighted by Crippen LogP contribution is 2.13. The standard InChI is InChI=1S/C11H18N2O3S/c1-9(2)6-7-13-17(14,15)11-5-4-10(16-11)8-12-3/h4-6,12-13H,7-8H2,1-3H3. The molecule has 2 N–H and O–H groups in total. The van der Waals surface area contributed by atoms with E-state index in [0.29, 0.717) is 12.3 Å². The van der Waals surface area contributed by atoms with Gasteiger partial charge in [0.15, 0.2) is 0 Å². The summed E-state index contributed by atoms with van der Waals surface area (Å²) in [5, 5.41) is 2.84. The smallest absolute Gasteiger partial charge is 0.274 e. The summed E-state index contributed by atoms with van der Waals surface area (Å²) in [6.07, 6.45) is 1.80. The van der Waals surface area contributed by atoms with E-state index in [1.54, 1.807) is 19.2 Å². The highest BCUT2D eigenvalue weighted by atomic mass is 32.2. The fraction of sp³-hybridized carbons (Fsp3) is 0.455. The molecule has 0 unspecified atom stereocenters. The number of allylic oxidation sites excluding steroid dienone is 1. The Labute approximate surface area is 102 Å². The predicted octanol–water partition coefficient (Wildman–Crippen LogP) is 1.24. The summed E-state index contributed by atoms with van der Waals surface area (Å²) >= 11 is 0. The molecule has 0 saturated carbocycles. The topological polar surface area (TPSA) is 71.3 Å². The van der Waals surface area contributed by atoms with Crippen molar-refractivity contribution in [2.75, 3.05) is 13.6 Å². The van der Waals surface area contributed by atoms with E-state index in [-0.39, 0.29) is 11.6 Å². The van der Waals surface area contributed by atoms with Crippen molar-refractivity contribution in [3.63, 3.8) is 0 Å². The van der Waals surface area contributed by atoms with E-state index >= 15 is 0 Å². The molecular weight excluding hydrogens is 240 g/mol. The molecule has 0 bridgehead atoms. The summed E-state index contributed by atoms with van der Waals surface area (Å²) in [6.45, 7) is 4.59. The second kappa shape index (κ2) is 6.00. The Morgan fingerprint density at radius 3 is 2.71 bits per heavy atom. The van der Waals surface area contributed by atoms with Crippen LogP contribution in [0.5, 0.6) is 0 Å². The van der Waals surface area contributed by atoms with Gasteiger partial charge in [-0.25, -0.2) is 13.1 Å². The molecule has 0 fully saturated rings. The van der Waals surface area contributed by atoms with Crippen LogP contribution < -0.4 is 10.0 Å². The molecule has 1 aromatic heterocycles. The Bertz CT molecular complexity index is 485. The molecule has 0 amide bonds. The van der Waals surface area contributed by atoms with E-state index in [4.69, 9.17) is 4.42 Å². The monoisotopic (exact) mass is 258 g/mol. The van der Waals surface area contributed by atoms with Gasteiger partial charge in [0.05, 0.1) is 6.54 Å². The minimum atomic E-state index is -3.54. The lowest BCUT2D eigenvalue weighted by atomic mass is 10.3. The summed E-state index contributed by atoms with van der Waals surface area (Å²) in [5.74, 6) is 0.593. The highest BCUT2D eigenvalue weighted by molar-refractivity contribution is 7.89. The molecule has 6 heteroatoms. The average Bonchev–Trinajstić information content (AvgIpc) is 2.66. The largest absolute Gasteiger partial charge is 0.447 e. The SMILES string of the molecule is CNCc1ccc(S(=O)(=O)NCC=C(C)C)o1. The molecule has 0 spiro atoms. The van der Waals surface area contributed by atoms with Gasteiger partial charge in [0.1, 0.15) is 5.76 Å². The van der Waals surface area contributed by atoms with E-state index in [1.165, 1.54) is 6.07 Å². The van der Waals surface area contributed by atoms with Crippen LogP contribution in [0.2, 0.25) is 0 Å². The fourth-order valence-corrected chi connectivity index (χ4v) is 2.11. The molecule has 1 heterocycles. The van der Waals surface area contributed by atoms with Crippen molar-refractivity contribution in [3.8, 4) is 0 Å².